The van der Waals surface area contributed by atoms with Crippen LogP contribution in [0.1, 0.15) is 36.5 Å². The summed E-state index contributed by atoms with van der Waals surface area (Å²) < 4.78 is 6.43. The van der Waals surface area contributed by atoms with Crippen LogP contribution in [0.2, 0.25) is 0 Å². The molecule has 2 aliphatic carbocycles. The van der Waals surface area contributed by atoms with Gasteiger partial charge in [0.15, 0.2) is 0 Å². The number of rotatable bonds is 5. The fourth-order valence-corrected chi connectivity index (χ4v) is 8.70. The van der Waals surface area contributed by atoms with Crippen molar-refractivity contribution in [2.45, 2.75) is 31.2 Å². The summed E-state index contributed by atoms with van der Waals surface area (Å²) in [7, 11) is 0. The Morgan fingerprint density at radius 1 is 0.529 bits per heavy atom. The smallest absolute Gasteiger partial charge is 0.136 e. The molecule has 1 heterocycles. The van der Waals surface area contributed by atoms with Gasteiger partial charge in [-0.05, 0) is 92.2 Å². The van der Waals surface area contributed by atoms with Crippen molar-refractivity contribution in [1.29, 1.82) is 0 Å². The van der Waals surface area contributed by atoms with Gasteiger partial charge in [-0.25, -0.2) is 0 Å². The summed E-state index contributed by atoms with van der Waals surface area (Å²) in [4.78, 5) is 2.54. The molecule has 0 amide bonds. The fourth-order valence-electron chi connectivity index (χ4n) is 8.70. The van der Waals surface area contributed by atoms with Crippen molar-refractivity contribution in [3.05, 3.63) is 193 Å². The van der Waals surface area contributed by atoms with Crippen LogP contribution in [0.25, 0.3) is 55.0 Å². The second-order valence-electron chi connectivity index (χ2n) is 14.5. The quantitative estimate of drug-likeness (QED) is 0.183. The first kappa shape index (κ1) is 29.8. The summed E-state index contributed by atoms with van der Waals surface area (Å²) >= 11 is 0. The number of fused-ring (bicyclic) bond motifs is 8. The molecule has 2 aliphatic rings. The van der Waals surface area contributed by atoms with Crippen molar-refractivity contribution in [3.63, 3.8) is 0 Å². The van der Waals surface area contributed by atoms with E-state index in [1.54, 1.807) is 0 Å². The van der Waals surface area contributed by atoms with Gasteiger partial charge in [0.25, 0.3) is 0 Å². The van der Waals surface area contributed by atoms with Crippen molar-refractivity contribution >= 4 is 44.1 Å². The van der Waals surface area contributed by atoms with Crippen LogP contribution < -0.4 is 4.90 Å². The van der Waals surface area contributed by atoms with Gasteiger partial charge in [0.1, 0.15) is 11.2 Å². The van der Waals surface area contributed by atoms with Gasteiger partial charge in [-0.2, -0.15) is 0 Å². The minimum atomic E-state index is -0.0831. The molecular formula is C49H37NO. The maximum absolute atomic E-state index is 6.43. The second-order valence-corrected chi connectivity index (χ2v) is 14.5. The highest BCUT2D eigenvalue weighted by molar-refractivity contribution is 6.19. The van der Waals surface area contributed by atoms with E-state index >= 15 is 0 Å². The van der Waals surface area contributed by atoms with E-state index in [0.717, 1.165) is 33.4 Å². The molecule has 0 saturated carbocycles. The molecule has 2 heteroatoms. The molecule has 10 rings (SSSR count). The zero-order valence-electron chi connectivity index (χ0n) is 28.8. The van der Waals surface area contributed by atoms with Crippen molar-refractivity contribution in [2.24, 2.45) is 0 Å². The van der Waals surface area contributed by atoms with Crippen molar-refractivity contribution in [3.8, 4) is 22.3 Å². The first-order chi connectivity index (χ1) is 25.0. The largest absolute Gasteiger partial charge is 0.456 e. The summed E-state index contributed by atoms with van der Waals surface area (Å²) in [6.45, 7) is 4.72. The molecule has 244 valence electrons. The summed E-state index contributed by atoms with van der Waals surface area (Å²) in [5, 5.41) is 4.79. The molecule has 51 heavy (non-hydrogen) atoms. The molecule has 2 unspecified atom stereocenters. The molecule has 0 bridgehead atoms. The van der Waals surface area contributed by atoms with E-state index in [1.165, 1.54) is 49.7 Å². The van der Waals surface area contributed by atoms with Gasteiger partial charge in [0.05, 0.1) is 6.04 Å². The standard InChI is InChI=1S/C49H37NO/c1-49(2)43-18-10-8-17-40(43)41-28-26-37(31-44(41)49)50(45-19-11-9-15-38(45)33-12-4-3-5-13-33)36-24-20-32(21-25-36)35-22-27-42-47(30-35)51-46-29-23-34-14-6-7-16-39(34)48(42)46/h3-31,38,45H,1-2H3. The van der Waals surface area contributed by atoms with Gasteiger partial charge in [-0.3, -0.25) is 0 Å². The van der Waals surface area contributed by atoms with Crippen LogP contribution in [-0.2, 0) is 5.41 Å². The van der Waals surface area contributed by atoms with Crippen molar-refractivity contribution < 1.29 is 4.42 Å². The highest BCUT2D eigenvalue weighted by atomic mass is 16.3. The minimum absolute atomic E-state index is 0.0831. The Bertz CT molecular complexity index is 2670. The zero-order chi connectivity index (χ0) is 34.1. The van der Waals surface area contributed by atoms with Crippen LogP contribution >= 0.6 is 0 Å². The van der Waals surface area contributed by atoms with Gasteiger partial charge in [-0.1, -0.05) is 147 Å². The van der Waals surface area contributed by atoms with E-state index in [-0.39, 0.29) is 17.4 Å². The lowest BCUT2D eigenvalue weighted by Gasteiger charge is -2.38. The Labute approximate surface area is 298 Å². The Kier molecular flexibility index (Phi) is 6.69. The maximum Gasteiger partial charge on any atom is 0.136 e. The van der Waals surface area contributed by atoms with Crippen LogP contribution in [0, 0.1) is 0 Å². The number of anilines is 2. The van der Waals surface area contributed by atoms with Crippen LogP contribution in [-0.4, -0.2) is 6.04 Å². The highest BCUT2D eigenvalue weighted by Crippen LogP contribution is 2.50. The van der Waals surface area contributed by atoms with Gasteiger partial charge < -0.3 is 9.32 Å². The van der Waals surface area contributed by atoms with Crippen molar-refractivity contribution in [2.75, 3.05) is 4.90 Å². The monoisotopic (exact) mass is 655 g/mol. The molecule has 8 aromatic rings. The lowest BCUT2D eigenvalue weighted by molar-refractivity contribution is 0.657. The van der Waals surface area contributed by atoms with E-state index in [1.807, 2.05) is 0 Å². The fraction of sp³-hybridized carbons (Fsp3) is 0.102. The lowest BCUT2D eigenvalue weighted by atomic mass is 9.82. The van der Waals surface area contributed by atoms with Gasteiger partial charge in [0.2, 0.25) is 0 Å². The lowest BCUT2D eigenvalue weighted by Crippen LogP contribution is -2.35. The zero-order valence-corrected chi connectivity index (χ0v) is 28.8. The molecule has 2 nitrogen and oxygen atoms in total. The molecule has 0 fully saturated rings. The Hall–Kier alpha value is -6.12. The Morgan fingerprint density at radius 2 is 1.25 bits per heavy atom. The second kappa shape index (κ2) is 11.5. The summed E-state index contributed by atoms with van der Waals surface area (Å²) in [6, 6.07) is 55.5. The van der Waals surface area contributed by atoms with Gasteiger partial charge in [-0.15, -0.1) is 0 Å². The van der Waals surface area contributed by atoms with Crippen molar-refractivity contribution in [1.82, 2.24) is 0 Å². The summed E-state index contributed by atoms with van der Waals surface area (Å²) in [5.74, 6) is 0.195. The molecule has 1 aromatic heterocycles. The average molecular weight is 656 g/mol. The molecular weight excluding hydrogens is 619 g/mol. The Morgan fingerprint density at radius 3 is 2.14 bits per heavy atom. The van der Waals surface area contributed by atoms with E-state index in [9.17, 15) is 0 Å². The third-order valence-corrected chi connectivity index (χ3v) is 11.3. The summed E-state index contributed by atoms with van der Waals surface area (Å²) in [6.07, 6.45) is 9.09. The SMILES string of the molecule is CC1(C)c2ccccc2-c2ccc(N(c3ccc(-c4ccc5c(c4)oc4ccc6ccccc6c45)cc3)C3C=CC=CC3c3ccccc3)cc21. The van der Waals surface area contributed by atoms with E-state index in [0.29, 0.717) is 0 Å². The van der Waals surface area contributed by atoms with Crippen LogP contribution in [0.5, 0.6) is 0 Å². The Balaban J connectivity index is 1.08. The first-order valence-electron chi connectivity index (χ1n) is 17.9. The van der Waals surface area contributed by atoms with E-state index < -0.39 is 0 Å². The van der Waals surface area contributed by atoms with E-state index in [2.05, 4.69) is 195 Å². The van der Waals surface area contributed by atoms with Crippen LogP contribution in [0.3, 0.4) is 0 Å². The predicted molar refractivity (Wildman–Crippen MR) is 214 cm³/mol. The topological polar surface area (TPSA) is 16.4 Å². The third-order valence-electron chi connectivity index (χ3n) is 11.3. The predicted octanol–water partition coefficient (Wildman–Crippen LogP) is 13.1. The van der Waals surface area contributed by atoms with E-state index in [4.69, 9.17) is 4.42 Å². The molecule has 0 aliphatic heterocycles. The molecule has 0 N–H and O–H groups in total. The normalized spacial score (nSPS) is 17.2. The number of allylic oxidation sites excluding steroid dienone is 2. The number of benzene rings is 7. The van der Waals surface area contributed by atoms with Gasteiger partial charge in [0, 0.05) is 33.5 Å². The molecule has 7 aromatic carbocycles. The molecule has 2 atom stereocenters. The number of furan rings is 1. The third kappa shape index (κ3) is 4.71. The van der Waals surface area contributed by atoms with Gasteiger partial charge >= 0.3 is 0 Å². The molecule has 0 saturated heterocycles. The number of hydrogen-bond acceptors (Lipinski definition) is 2. The summed E-state index contributed by atoms with van der Waals surface area (Å²) in [5.41, 5.74) is 13.2. The van der Waals surface area contributed by atoms with Crippen LogP contribution in [0.15, 0.2) is 180 Å². The number of nitrogens with zero attached hydrogens (tertiary/aromatic N) is 1. The average Bonchev–Trinajstić information content (AvgIpc) is 3.67. The number of hydrogen-bond donors (Lipinski definition) is 0. The first-order valence-corrected chi connectivity index (χ1v) is 17.9. The molecule has 0 spiro atoms. The minimum Gasteiger partial charge on any atom is -0.456 e. The maximum atomic E-state index is 6.43. The van der Waals surface area contributed by atoms with Crippen LogP contribution in [0.4, 0.5) is 11.4 Å². The highest BCUT2D eigenvalue weighted by Gasteiger charge is 2.36. The molecule has 0 radical (unpaired) electrons.